The van der Waals surface area contributed by atoms with Gasteiger partial charge in [0.15, 0.2) is 11.5 Å². The second-order valence-electron chi connectivity index (χ2n) is 5.20. The fraction of sp³-hybridized carbons (Fsp3) is 0.500. The summed E-state index contributed by atoms with van der Waals surface area (Å²) < 4.78 is 11.1. The molecule has 0 atom stereocenters. The molecule has 0 aromatic heterocycles. The summed E-state index contributed by atoms with van der Waals surface area (Å²) >= 11 is 0. The lowest BCUT2D eigenvalue weighted by Crippen LogP contribution is -2.15. The number of methoxy groups -OCH3 is 1. The van der Waals surface area contributed by atoms with E-state index in [1.54, 1.807) is 7.11 Å². The van der Waals surface area contributed by atoms with Gasteiger partial charge in [0.1, 0.15) is 0 Å². The second-order valence-corrected chi connectivity index (χ2v) is 5.20. The molecule has 1 saturated carbocycles. The molecule has 3 nitrogen and oxygen atoms in total. The molecule has 1 aliphatic rings. The Labute approximate surface area is 115 Å². The zero-order valence-electron chi connectivity index (χ0n) is 11.9. The van der Waals surface area contributed by atoms with Crippen LogP contribution in [0.1, 0.15) is 31.7 Å². The summed E-state index contributed by atoms with van der Waals surface area (Å²) in [6.45, 7) is 7.42. The molecule has 0 bridgehead atoms. The molecule has 1 fully saturated rings. The number of hydrogen-bond donors (Lipinski definition) is 1. The highest BCUT2D eigenvalue weighted by atomic mass is 16.5. The Morgan fingerprint density at radius 3 is 2.79 bits per heavy atom. The lowest BCUT2D eigenvalue weighted by Gasteiger charge is -2.12. The lowest BCUT2D eigenvalue weighted by atomic mass is 10.2. The van der Waals surface area contributed by atoms with Gasteiger partial charge >= 0.3 is 0 Å². The van der Waals surface area contributed by atoms with E-state index in [1.165, 1.54) is 18.4 Å². The van der Waals surface area contributed by atoms with Crippen molar-refractivity contribution in [3.8, 4) is 11.5 Å². The minimum absolute atomic E-state index is 0.644. The zero-order chi connectivity index (χ0) is 13.7. The Morgan fingerprint density at radius 2 is 2.16 bits per heavy atom. The molecular weight excluding hydrogens is 238 g/mol. The minimum Gasteiger partial charge on any atom is -0.493 e. The van der Waals surface area contributed by atoms with E-state index in [-0.39, 0.29) is 0 Å². The first kappa shape index (κ1) is 13.9. The summed E-state index contributed by atoms with van der Waals surface area (Å²) in [6.07, 6.45) is 3.48. The van der Waals surface area contributed by atoms with E-state index in [2.05, 4.69) is 18.0 Å². The molecule has 1 aliphatic carbocycles. The lowest BCUT2D eigenvalue weighted by molar-refractivity contribution is 0.297. The van der Waals surface area contributed by atoms with E-state index < -0.39 is 0 Å². The van der Waals surface area contributed by atoms with E-state index in [1.807, 2.05) is 19.1 Å². The molecule has 0 radical (unpaired) electrons. The smallest absolute Gasteiger partial charge is 0.161 e. The van der Waals surface area contributed by atoms with E-state index in [4.69, 9.17) is 9.47 Å². The summed E-state index contributed by atoms with van der Waals surface area (Å²) in [5.41, 5.74) is 2.36. The first-order valence-corrected chi connectivity index (χ1v) is 6.86. The number of hydrogen-bond acceptors (Lipinski definition) is 3. The first-order valence-electron chi connectivity index (χ1n) is 6.86. The first-order chi connectivity index (χ1) is 9.19. The maximum atomic E-state index is 5.73. The molecule has 0 unspecified atom stereocenters. The highest BCUT2D eigenvalue weighted by Crippen LogP contribution is 2.29. The molecule has 2 rings (SSSR count). The quantitative estimate of drug-likeness (QED) is 0.728. The third kappa shape index (κ3) is 4.60. The van der Waals surface area contributed by atoms with E-state index >= 15 is 0 Å². The Bertz CT molecular complexity index is 438. The van der Waals surface area contributed by atoms with Crippen molar-refractivity contribution >= 4 is 0 Å². The van der Waals surface area contributed by atoms with Gasteiger partial charge in [-0.05, 0) is 37.5 Å². The Kier molecular flexibility index (Phi) is 4.86. The van der Waals surface area contributed by atoms with Crippen molar-refractivity contribution in [1.29, 1.82) is 0 Å². The molecule has 19 heavy (non-hydrogen) atoms. The van der Waals surface area contributed by atoms with Gasteiger partial charge in [-0.1, -0.05) is 11.6 Å². The van der Waals surface area contributed by atoms with Crippen molar-refractivity contribution in [1.82, 2.24) is 5.32 Å². The van der Waals surface area contributed by atoms with Crippen molar-refractivity contribution in [2.24, 2.45) is 0 Å². The second kappa shape index (κ2) is 6.62. The third-order valence-corrected chi connectivity index (χ3v) is 3.19. The van der Waals surface area contributed by atoms with Crippen LogP contribution in [0, 0.1) is 0 Å². The largest absolute Gasteiger partial charge is 0.493 e. The predicted octanol–water partition coefficient (Wildman–Crippen LogP) is 3.29. The number of nitrogens with one attached hydrogen (secondary N) is 1. The molecule has 1 aromatic rings. The fourth-order valence-electron chi connectivity index (χ4n) is 1.83. The van der Waals surface area contributed by atoms with Gasteiger partial charge in [-0.3, -0.25) is 0 Å². The zero-order valence-corrected chi connectivity index (χ0v) is 11.9. The van der Waals surface area contributed by atoms with Crippen molar-refractivity contribution in [3.05, 3.63) is 35.9 Å². The van der Waals surface area contributed by atoms with Crippen LogP contribution in [-0.4, -0.2) is 19.8 Å². The van der Waals surface area contributed by atoms with Crippen LogP contribution in [0.3, 0.4) is 0 Å². The van der Waals surface area contributed by atoms with Gasteiger partial charge in [0, 0.05) is 19.0 Å². The van der Waals surface area contributed by atoms with Crippen molar-refractivity contribution in [3.63, 3.8) is 0 Å². The summed E-state index contributed by atoms with van der Waals surface area (Å²) in [6, 6.07) is 6.85. The van der Waals surface area contributed by atoms with Gasteiger partial charge in [-0.2, -0.15) is 0 Å². The fourth-order valence-corrected chi connectivity index (χ4v) is 1.83. The maximum Gasteiger partial charge on any atom is 0.161 e. The summed E-state index contributed by atoms with van der Waals surface area (Å²) in [5.74, 6) is 1.61. The van der Waals surface area contributed by atoms with Crippen LogP contribution in [0.15, 0.2) is 30.4 Å². The van der Waals surface area contributed by atoms with Crippen LogP contribution >= 0.6 is 0 Å². The molecule has 0 amide bonds. The van der Waals surface area contributed by atoms with Crippen molar-refractivity contribution in [2.75, 3.05) is 13.7 Å². The molecule has 3 heteroatoms. The number of benzene rings is 1. The Morgan fingerprint density at radius 1 is 1.37 bits per heavy atom. The van der Waals surface area contributed by atoms with Crippen molar-refractivity contribution < 1.29 is 9.47 Å². The highest BCUT2D eigenvalue weighted by molar-refractivity contribution is 5.43. The molecule has 0 heterocycles. The summed E-state index contributed by atoms with van der Waals surface area (Å²) in [4.78, 5) is 0. The van der Waals surface area contributed by atoms with Crippen molar-refractivity contribution in [2.45, 2.75) is 38.8 Å². The van der Waals surface area contributed by atoms with Crippen LogP contribution in [0.5, 0.6) is 11.5 Å². The maximum absolute atomic E-state index is 5.73. The van der Waals surface area contributed by atoms with Gasteiger partial charge in [-0.25, -0.2) is 0 Å². The van der Waals surface area contributed by atoms with E-state index in [0.29, 0.717) is 6.61 Å². The molecular formula is C16H23NO2. The monoisotopic (exact) mass is 261 g/mol. The average molecular weight is 261 g/mol. The van der Waals surface area contributed by atoms with Gasteiger partial charge in [0.25, 0.3) is 0 Å². The SMILES string of the molecule is C=C(C)CCOc1ccc(CNC2CC2)cc1OC. The molecule has 104 valence electrons. The van der Waals surface area contributed by atoms with E-state index in [0.717, 1.165) is 36.1 Å². The van der Waals surface area contributed by atoms with Gasteiger partial charge in [0.2, 0.25) is 0 Å². The standard InChI is InChI=1S/C16H23NO2/c1-12(2)8-9-19-15-7-4-13(10-16(15)18-3)11-17-14-5-6-14/h4,7,10,14,17H,1,5-6,8-9,11H2,2-3H3. The molecule has 0 aliphatic heterocycles. The summed E-state index contributed by atoms with van der Waals surface area (Å²) in [5, 5.41) is 3.49. The van der Waals surface area contributed by atoms with Gasteiger partial charge in [-0.15, -0.1) is 6.58 Å². The minimum atomic E-state index is 0.644. The van der Waals surface area contributed by atoms with Gasteiger partial charge < -0.3 is 14.8 Å². The van der Waals surface area contributed by atoms with Crippen LogP contribution in [-0.2, 0) is 6.54 Å². The average Bonchev–Trinajstić information content (AvgIpc) is 3.21. The third-order valence-electron chi connectivity index (χ3n) is 3.19. The van der Waals surface area contributed by atoms with E-state index in [9.17, 15) is 0 Å². The van der Waals surface area contributed by atoms with Crippen LogP contribution in [0.2, 0.25) is 0 Å². The van der Waals surface area contributed by atoms with Crippen LogP contribution in [0.4, 0.5) is 0 Å². The molecule has 1 N–H and O–H groups in total. The molecule has 1 aromatic carbocycles. The number of rotatable bonds is 8. The molecule has 0 saturated heterocycles. The normalized spacial score (nSPS) is 14.2. The Hall–Kier alpha value is -1.48. The topological polar surface area (TPSA) is 30.5 Å². The van der Waals surface area contributed by atoms with Crippen LogP contribution in [0.25, 0.3) is 0 Å². The number of ether oxygens (including phenoxy) is 2. The predicted molar refractivity (Wildman–Crippen MR) is 77.8 cm³/mol. The summed E-state index contributed by atoms with van der Waals surface area (Å²) in [7, 11) is 1.68. The molecule has 0 spiro atoms. The highest BCUT2D eigenvalue weighted by Gasteiger charge is 2.20. The Balaban J connectivity index is 1.92. The van der Waals surface area contributed by atoms with Gasteiger partial charge in [0.05, 0.1) is 13.7 Å². The van der Waals surface area contributed by atoms with Crippen LogP contribution < -0.4 is 14.8 Å².